The summed E-state index contributed by atoms with van der Waals surface area (Å²) in [4.78, 5) is 32.6. The van der Waals surface area contributed by atoms with Crippen LogP contribution < -0.4 is 15.5 Å². The maximum Gasteiger partial charge on any atom is 0.224 e. The van der Waals surface area contributed by atoms with E-state index < -0.39 is 0 Å². The van der Waals surface area contributed by atoms with Crippen molar-refractivity contribution in [2.24, 2.45) is 5.92 Å². The first kappa shape index (κ1) is 22.5. The van der Waals surface area contributed by atoms with Crippen molar-refractivity contribution in [1.29, 1.82) is 0 Å². The van der Waals surface area contributed by atoms with Crippen LogP contribution >= 0.6 is 24.8 Å². The molecule has 26 heavy (non-hydrogen) atoms. The van der Waals surface area contributed by atoms with E-state index in [2.05, 4.69) is 20.5 Å². The summed E-state index contributed by atoms with van der Waals surface area (Å²) in [6.45, 7) is 5.07. The maximum atomic E-state index is 12.3. The number of pyridine rings is 1. The number of amides is 2. The molecule has 9 heteroatoms. The van der Waals surface area contributed by atoms with E-state index in [9.17, 15) is 9.59 Å². The number of nitrogens with zero attached hydrogens (tertiary/aromatic N) is 3. The van der Waals surface area contributed by atoms with Crippen LogP contribution in [0.3, 0.4) is 0 Å². The number of anilines is 1. The quantitative estimate of drug-likeness (QED) is 0.755. The summed E-state index contributed by atoms with van der Waals surface area (Å²) in [5.74, 6) is 1.19. The van der Waals surface area contributed by atoms with E-state index >= 15 is 0 Å². The normalized spacial score (nSPS) is 19.3. The van der Waals surface area contributed by atoms with E-state index in [0.29, 0.717) is 26.1 Å². The predicted octanol–water partition coefficient (Wildman–Crippen LogP) is 0.690. The van der Waals surface area contributed by atoms with Crippen LogP contribution in [0.4, 0.5) is 5.82 Å². The van der Waals surface area contributed by atoms with E-state index in [-0.39, 0.29) is 42.5 Å². The van der Waals surface area contributed by atoms with Gasteiger partial charge in [-0.1, -0.05) is 6.07 Å². The molecule has 0 aromatic carbocycles. The summed E-state index contributed by atoms with van der Waals surface area (Å²) in [7, 11) is 0. The van der Waals surface area contributed by atoms with Crippen LogP contribution in [0.25, 0.3) is 0 Å². The summed E-state index contributed by atoms with van der Waals surface area (Å²) >= 11 is 0. The zero-order valence-corrected chi connectivity index (χ0v) is 16.4. The van der Waals surface area contributed by atoms with Crippen molar-refractivity contribution in [1.82, 2.24) is 20.5 Å². The fourth-order valence-corrected chi connectivity index (χ4v) is 3.20. The van der Waals surface area contributed by atoms with Gasteiger partial charge < -0.3 is 20.4 Å². The molecule has 2 fully saturated rings. The molecule has 1 aromatic rings. The number of carbonyl (C=O) groups is 2. The fraction of sp³-hybridized carbons (Fsp3) is 0.588. The highest BCUT2D eigenvalue weighted by Crippen LogP contribution is 2.13. The molecule has 1 aromatic heterocycles. The van der Waals surface area contributed by atoms with Crippen molar-refractivity contribution in [2.45, 2.75) is 12.8 Å². The lowest BCUT2D eigenvalue weighted by Gasteiger charge is -2.35. The molecule has 2 saturated heterocycles. The first-order valence-electron chi connectivity index (χ1n) is 8.66. The molecule has 3 rings (SSSR count). The topological polar surface area (TPSA) is 77.6 Å². The van der Waals surface area contributed by atoms with Gasteiger partial charge in [-0.2, -0.15) is 0 Å². The molecule has 0 saturated carbocycles. The third-order valence-electron chi connectivity index (χ3n) is 4.67. The van der Waals surface area contributed by atoms with E-state index in [4.69, 9.17) is 0 Å². The molecule has 146 valence electrons. The zero-order chi connectivity index (χ0) is 16.8. The maximum absolute atomic E-state index is 12.3. The average Bonchev–Trinajstić information content (AvgIpc) is 3.17. The summed E-state index contributed by atoms with van der Waals surface area (Å²) in [5, 5.41) is 6.06. The van der Waals surface area contributed by atoms with Crippen molar-refractivity contribution < 1.29 is 9.59 Å². The first-order chi connectivity index (χ1) is 11.7. The second kappa shape index (κ2) is 11.2. The fourth-order valence-electron chi connectivity index (χ4n) is 3.20. The second-order valence-corrected chi connectivity index (χ2v) is 6.29. The van der Waals surface area contributed by atoms with Crippen LogP contribution in [-0.4, -0.2) is 67.5 Å². The molecule has 1 unspecified atom stereocenters. The van der Waals surface area contributed by atoms with Gasteiger partial charge in [-0.15, -0.1) is 24.8 Å². The molecular formula is C17H27Cl2N5O2. The number of aromatic nitrogens is 1. The monoisotopic (exact) mass is 403 g/mol. The summed E-state index contributed by atoms with van der Waals surface area (Å²) < 4.78 is 0. The van der Waals surface area contributed by atoms with Crippen LogP contribution in [0, 0.1) is 5.92 Å². The number of rotatable bonds is 5. The molecule has 2 aliphatic heterocycles. The van der Waals surface area contributed by atoms with E-state index in [1.54, 1.807) is 6.20 Å². The van der Waals surface area contributed by atoms with Crippen molar-refractivity contribution in [3.63, 3.8) is 0 Å². The lowest BCUT2D eigenvalue weighted by atomic mass is 10.1. The minimum absolute atomic E-state index is 0. The van der Waals surface area contributed by atoms with Gasteiger partial charge in [-0.3, -0.25) is 9.59 Å². The molecule has 2 amide bonds. The lowest BCUT2D eigenvalue weighted by Crippen LogP contribution is -2.49. The van der Waals surface area contributed by atoms with Gasteiger partial charge >= 0.3 is 0 Å². The SMILES string of the molecule is Cl.Cl.O=C(NCCC(=O)N1CCN(c2ccccn2)CC1)C1CCNC1. The molecule has 7 nitrogen and oxygen atoms in total. The predicted molar refractivity (Wildman–Crippen MR) is 106 cm³/mol. The van der Waals surface area contributed by atoms with Crippen LogP contribution in [0.1, 0.15) is 12.8 Å². The lowest BCUT2D eigenvalue weighted by molar-refractivity contribution is -0.131. The Balaban J connectivity index is 0.00000169. The van der Waals surface area contributed by atoms with Gasteiger partial charge in [0, 0.05) is 51.9 Å². The van der Waals surface area contributed by atoms with Gasteiger partial charge in [0.1, 0.15) is 5.82 Å². The van der Waals surface area contributed by atoms with E-state index in [1.165, 1.54) is 0 Å². The van der Waals surface area contributed by atoms with Gasteiger partial charge in [-0.25, -0.2) is 4.98 Å². The largest absolute Gasteiger partial charge is 0.355 e. The van der Waals surface area contributed by atoms with Crippen LogP contribution in [0.15, 0.2) is 24.4 Å². The number of hydrogen-bond acceptors (Lipinski definition) is 5. The van der Waals surface area contributed by atoms with E-state index in [1.807, 2.05) is 23.1 Å². The number of piperazine rings is 1. The highest BCUT2D eigenvalue weighted by atomic mass is 35.5. The highest BCUT2D eigenvalue weighted by molar-refractivity contribution is 5.85. The minimum atomic E-state index is 0. The standard InChI is InChI=1S/C17H25N5O2.2ClH/c23-16(5-8-20-17(24)14-4-7-18-13-14)22-11-9-21(10-12-22)15-3-1-2-6-19-15;;/h1-3,6,14,18H,4-5,7-13H2,(H,20,24);2*1H. The van der Waals surface area contributed by atoms with Crippen molar-refractivity contribution in [3.05, 3.63) is 24.4 Å². The number of halogens is 2. The van der Waals surface area contributed by atoms with Gasteiger partial charge in [0.25, 0.3) is 0 Å². The van der Waals surface area contributed by atoms with Crippen LogP contribution in [0.5, 0.6) is 0 Å². The van der Waals surface area contributed by atoms with E-state index in [0.717, 1.165) is 38.4 Å². The average molecular weight is 404 g/mol. The molecule has 0 aliphatic carbocycles. The summed E-state index contributed by atoms with van der Waals surface area (Å²) in [6.07, 6.45) is 3.04. The molecular weight excluding hydrogens is 377 g/mol. The molecule has 0 spiro atoms. The Morgan fingerprint density at radius 2 is 1.96 bits per heavy atom. The Bertz CT molecular complexity index is 562. The van der Waals surface area contributed by atoms with Crippen molar-refractivity contribution in [3.8, 4) is 0 Å². The van der Waals surface area contributed by atoms with Gasteiger partial charge in [0.2, 0.25) is 11.8 Å². The van der Waals surface area contributed by atoms with Crippen molar-refractivity contribution in [2.75, 3.05) is 50.7 Å². The second-order valence-electron chi connectivity index (χ2n) is 6.29. The smallest absolute Gasteiger partial charge is 0.224 e. The van der Waals surface area contributed by atoms with Crippen molar-refractivity contribution >= 4 is 42.4 Å². The number of carbonyl (C=O) groups excluding carboxylic acids is 2. The zero-order valence-electron chi connectivity index (χ0n) is 14.7. The van der Waals surface area contributed by atoms with Gasteiger partial charge in [0.15, 0.2) is 0 Å². The third kappa shape index (κ3) is 6.00. The number of nitrogens with one attached hydrogen (secondary N) is 2. The Morgan fingerprint density at radius 3 is 2.58 bits per heavy atom. The Morgan fingerprint density at radius 1 is 1.19 bits per heavy atom. The Kier molecular flexibility index (Phi) is 9.69. The Labute approximate surface area is 166 Å². The number of hydrogen-bond donors (Lipinski definition) is 2. The Hall–Kier alpha value is -1.57. The molecule has 0 bridgehead atoms. The minimum Gasteiger partial charge on any atom is -0.355 e. The van der Waals surface area contributed by atoms with Gasteiger partial charge in [0.05, 0.1) is 5.92 Å². The first-order valence-corrected chi connectivity index (χ1v) is 8.66. The van der Waals surface area contributed by atoms with Crippen LogP contribution in [-0.2, 0) is 9.59 Å². The molecule has 2 aliphatic rings. The molecule has 1 atom stereocenters. The summed E-state index contributed by atoms with van der Waals surface area (Å²) in [5.41, 5.74) is 0. The molecule has 3 heterocycles. The van der Waals surface area contributed by atoms with Crippen LogP contribution in [0.2, 0.25) is 0 Å². The molecule has 0 radical (unpaired) electrons. The summed E-state index contributed by atoms with van der Waals surface area (Å²) in [6, 6.07) is 5.87. The van der Waals surface area contributed by atoms with Gasteiger partial charge in [-0.05, 0) is 25.1 Å². The highest BCUT2D eigenvalue weighted by Gasteiger charge is 2.24. The third-order valence-corrected chi connectivity index (χ3v) is 4.67. The molecule has 2 N–H and O–H groups in total.